The third-order valence-corrected chi connectivity index (χ3v) is 4.26. The Morgan fingerprint density at radius 3 is 2.86 bits per heavy atom. The summed E-state index contributed by atoms with van der Waals surface area (Å²) in [5.41, 5.74) is 0. The second-order valence-corrected chi connectivity index (χ2v) is 6.27. The summed E-state index contributed by atoms with van der Waals surface area (Å²) in [5, 5.41) is 4.02. The first kappa shape index (κ1) is 14.5. The van der Waals surface area contributed by atoms with Crippen molar-refractivity contribution in [3.05, 3.63) is 11.7 Å². The van der Waals surface area contributed by atoms with Crippen LogP contribution in [0, 0.1) is 0 Å². The number of amides is 1. The number of likely N-dealkylation sites (tertiary alicyclic amines) is 1. The molecule has 6 heteroatoms. The van der Waals surface area contributed by atoms with E-state index in [0.717, 1.165) is 38.1 Å². The van der Waals surface area contributed by atoms with Gasteiger partial charge in [-0.05, 0) is 25.7 Å². The minimum Gasteiger partial charge on any atom is -0.368 e. The molecule has 6 nitrogen and oxygen atoms in total. The van der Waals surface area contributed by atoms with Crippen molar-refractivity contribution in [3.63, 3.8) is 0 Å². The monoisotopic (exact) mass is 293 g/mol. The molecular weight excluding hydrogens is 270 g/mol. The van der Waals surface area contributed by atoms with E-state index in [1.165, 1.54) is 0 Å². The zero-order chi connectivity index (χ0) is 14.8. The lowest BCUT2D eigenvalue weighted by Gasteiger charge is -2.32. The van der Waals surface area contributed by atoms with E-state index in [0.29, 0.717) is 19.0 Å². The molecule has 2 saturated heterocycles. The number of aromatic nitrogens is 2. The molecular formula is C15H23N3O3. The zero-order valence-electron chi connectivity index (χ0n) is 12.7. The number of piperidine rings is 1. The Labute approximate surface area is 124 Å². The molecule has 0 aromatic carbocycles. The second kappa shape index (κ2) is 6.13. The topological polar surface area (TPSA) is 68.5 Å². The number of nitrogens with zero attached hydrogens (tertiary/aromatic N) is 3. The summed E-state index contributed by atoms with van der Waals surface area (Å²) in [5.74, 6) is 1.96. The molecule has 21 heavy (non-hydrogen) atoms. The molecule has 2 fully saturated rings. The Hall–Kier alpha value is -1.43. The van der Waals surface area contributed by atoms with Crippen LogP contribution in [0.1, 0.15) is 63.1 Å². The predicted octanol–water partition coefficient (Wildman–Crippen LogP) is 2.08. The van der Waals surface area contributed by atoms with Crippen LogP contribution in [-0.2, 0) is 9.53 Å². The van der Waals surface area contributed by atoms with Crippen LogP contribution in [0.5, 0.6) is 0 Å². The van der Waals surface area contributed by atoms with Gasteiger partial charge in [0.15, 0.2) is 5.82 Å². The van der Waals surface area contributed by atoms with Crippen molar-refractivity contribution in [1.29, 1.82) is 0 Å². The summed E-state index contributed by atoms with van der Waals surface area (Å²) < 4.78 is 10.9. The molecule has 1 aromatic heterocycles. The molecule has 2 atom stereocenters. The van der Waals surface area contributed by atoms with E-state index >= 15 is 0 Å². The van der Waals surface area contributed by atoms with Gasteiger partial charge in [-0.25, -0.2) is 0 Å². The van der Waals surface area contributed by atoms with Crippen LogP contribution in [0.15, 0.2) is 4.52 Å². The Morgan fingerprint density at radius 1 is 1.33 bits per heavy atom. The summed E-state index contributed by atoms with van der Waals surface area (Å²) >= 11 is 0. The highest BCUT2D eigenvalue weighted by atomic mass is 16.5. The first-order valence-corrected chi connectivity index (χ1v) is 7.89. The standard InChI is InChI=1S/C15H23N3O3/c1-10(2)13-16-14(21-17-13)11-5-3-7-18(9-11)15(19)12-6-4-8-20-12/h10-12H,3-9H2,1-2H3/t11-,12+/m1/s1. The molecule has 0 radical (unpaired) electrons. The third kappa shape index (κ3) is 3.10. The maximum Gasteiger partial charge on any atom is 0.251 e. The van der Waals surface area contributed by atoms with E-state index in [4.69, 9.17) is 9.26 Å². The van der Waals surface area contributed by atoms with Crippen molar-refractivity contribution in [1.82, 2.24) is 15.0 Å². The number of ether oxygens (including phenoxy) is 1. The van der Waals surface area contributed by atoms with Crippen LogP contribution in [0.3, 0.4) is 0 Å². The predicted molar refractivity (Wildman–Crippen MR) is 75.9 cm³/mol. The summed E-state index contributed by atoms with van der Waals surface area (Å²) in [4.78, 5) is 18.8. The molecule has 3 heterocycles. The lowest BCUT2D eigenvalue weighted by Crippen LogP contribution is -2.44. The van der Waals surface area contributed by atoms with Gasteiger partial charge in [0, 0.05) is 25.6 Å². The molecule has 0 bridgehead atoms. The Bertz CT molecular complexity index is 494. The Balaban J connectivity index is 1.65. The van der Waals surface area contributed by atoms with Gasteiger partial charge in [-0.1, -0.05) is 19.0 Å². The fourth-order valence-electron chi connectivity index (χ4n) is 3.00. The van der Waals surface area contributed by atoms with Gasteiger partial charge in [-0.15, -0.1) is 0 Å². The highest BCUT2D eigenvalue weighted by Gasteiger charge is 2.33. The minimum absolute atomic E-state index is 0.126. The molecule has 2 aliphatic rings. The highest BCUT2D eigenvalue weighted by molar-refractivity contribution is 5.81. The number of rotatable bonds is 3. The third-order valence-electron chi connectivity index (χ3n) is 4.26. The van der Waals surface area contributed by atoms with Gasteiger partial charge in [0.2, 0.25) is 5.89 Å². The Kier molecular flexibility index (Phi) is 4.24. The van der Waals surface area contributed by atoms with Crippen LogP contribution in [0.25, 0.3) is 0 Å². The van der Waals surface area contributed by atoms with Crippen LogP contribution in [-0.4, -0.2) is 46.7 Å². The molecule has 1 amide bonds. The SMILES string of the molecule is CC(C)c1noc([C@@H]2CCCN(C(=O)[C@@H]3CCCO3)C2)n1. The first-order valence-electron chi connectivity index (χ1n) is 7.89. The van der Waals surface area contributed by atoms with Crippen LogP contribution >= 0.6 is 0 Å². The maximum atomic E-state index is 12.4. The molecule has 3 rings (SSSR count). The maximum absolute atomic E-state index is 12.4. The van der Waals surface area contributed by atoms with E-state index in [2.05, 4.69) is 10.1 Å². The van der Waals surface area contributed by atoms with E-state index in [1.54, 1.807) is 0 Å². The van der Waals surface area contributed by atoms with Crippen molar-refractivity contribution in [2.24, 2.45) is 0 Å². The smallest absolute Gasteiger partial charge is 0.251 e. The summed E-state index contributed by atoms with van der Waals surface area (Å²) in [7, 11) is 0. The van der Waals surface area contributed by atoms with E-state index in [-0.39, 0.29) is 23.8 Å². The second-order valence-electron chi connectivity index (χ2n) is 6.27. The van der Waals surface area contributed by atoms with Crippen LogP contribution in [0.4, 0.5) is 0 Å². The normalized spacial score (nSPS) is 26.5. The molecule has 0 aliphatic carbocycles. The minimum atomic E-state index is -0.238. The van der Waals surface area contributed by atoms with Crippen molar-refractivity contribution in [2.75, 3.05) is 19.7 Å². The number of hydrogen-bond acceptors (Lipinski definition) is 5. The van der Waals surface area contributed by atoms with E-state index < -0.39 is 0 Å². The van der Waals surface area contributed by atoms with Gasteiger partial charge < -0.3 is 14.2 Å². The van der Waals surface area contributed by atoms with Crippen LogP contribution < -0.4 is 0 Å². The summed E-state index contributed by atoms with van der Waals surface area (Å²) in [6.45, 7) is 6.26. The lowest BCUT2D eigenvalue weighted by molar-refractivity contribution is -0.142. The summed E-state index contributed by atoms with van der Waals surface area (Å²) in [6, 6.07) is 0. The molecule has 2 aliphatic heterocycles. The van der Waals surface area contributed by atoms with Gasteiger partial charge >= 0.3 is 0 Å². The van der Waals surface area contributed by atoms with Gasteiger partial charge in [0.05, 0.1) is 5.92 Å². The van der Waals surface area contributed by atoms with Gasteiger partial charge in [-0.3, -0.25) is 4.79 Å². The van der Waals surface area contributed by atoms with Crippen molar-refractivity contribution >= 4 is 5.91 Å². The fraction of sp³-hybridized carbons (Fsp3) is 0.800. The quantitative estimate of drug-likeness (QED) is 0.853. The zero-order valence-corrected chi connectivity index (χ0v) is 12.7. The lowest BCUT2D eigenvalue weighted by atomic mass is 9.97. The largest absolute Gasteiger partial charge is 0.368 e. The average Bonchev–Trinajstić information content (AvgIpc) is 3.18. The highest BCUT2D eigenvalue weighted by Crippen LogP contribution is 2.28. The Morgan fingerprint density at radius 2 is 2.19 bits per heavy atom. The molecule has 0 saturated carbocycles. The molecule has 116 valence electrons. The molecule has 0 spiro atoms. The summed E-state index contributed by atoms with van der Waals surface area (Å²) in [6.07, 6.45) is 3.56. The van der Waals surface area contributed by atoms with Gasteiger partial charge in [0.25, 0.3) is 5.91 Å². The van der Waals surface area contributed by atoms with Crippen molar-refractivity contribution in [2.45, 2.75) is 57.5 Å². The molecule has 0 unspecified atom stereocenters. The van der Waals surface area contributed by atoms with Crippen molar-refractivity contribution < 1.29 is 14.1 Å². The first-order chi connectivity index (χ1) is 10.1. The fourth-order valence-corrected chi connectivity index (χ4v) is 3.00. The molecule has 1 aromatic rings. The molecule has 0 N–H and O–H groups in total. The number of carbonyl (C=O) groups is 1. The number of carbonyl (C=O) groups excluding carboxylic acids is 1. The average molecular weight is 293 g/mol. The number of hydrogen-bond donors (Lipinski definition) is 0. The van der Waals surface area contributed by atoms with E-state index in [9.17, 15) is 4.79 Å². The van der Waals surface area contributed by atoms with Crippen LogP contribution in [0.2, 0.25) is 0 Å². The van der Waals surface area contributed by atoms with Gasteiger partial charge in [-0.2, -0.15) is 4.98 Å². The van der Waals surface area contributed by atoms with Crippen molar-refractivity contribution in [3.8, 4) is 0 Å². The van der Waals surface area contributed by atoms with E-state index in [1.807, 2.05) is 18.7 Å². The van der Waals surface area contributed by atoms with Gasteiger partial charge in [0.1, 0.15) is 6.10 Å².